The molecule has 252 valence electrons. The Morgan fingerprint density at radius 3 is 2.47 bits per heavy atom. The van der Waals surface area contributed by atoms with Gasteiger partial charge in [-0.15, -0.1) is 0 Å². The summed E-state index contributed by atoms with van der Waals surface area (Å²) in [6.07, 6.45) is 9.67. The van der Waals surface area contributed by atoms with E-state index in [4.69, 9.17) is 18.1 Å². The minimum Gasteiger partial charge on any atom is -0.462 e. The summed E-state index contributed by atoms with van der Waals surface area (Å²) in [5.41, 5.74) is 1.75. The molecule has 0 spiro atoms. The van der Waals surface area contributed by atoms with Gasteiger partial charge in [-0.1, -0.05) is 64.5 Å². The highest BCUT2D eigenvalue weighted by atomic mass is 32.2. The second-order valence-electron chi connectivity index (χ2n) is 16.3. The fourth-order valence-corrected chi connectivity index (χ4v) is 11.1. The van der Waals surface area contributed by atoms with Gasteiger partial charge in [-0.05, 0) is 104 Å². The Morgan fingerprint density at radius 2 is 1.84 bits per heavy atom. The van der Waals surface area contributed by atoms with Gasteiger partial charge in [0, 0.05) is 12.5 Å². The molecule has 0 N–H and O–H groups in total. The molecule has 0 aromatic heterocycles. The monoisotopic (exact) mass is 660 g/mol. The van der Waals surface area contributed by atoms with E-state index in [-0.39, 0.29) is 34.5 Å². The first-order valence-corrected chi connectivity index (χ1v) is 21.7. The topological polar surface area (TPSA) is 88.1 Å². The van der Waals surface area contributed by atoms with Crippen molar-refractivity contribution in [3.05, 3.63) is 47.5 Å². The number of ether oxygens (including phenoxy) is 2. The molecule has 4 aliphatic rings. The number of hydrogen-bond acceptors (Lipinski definition) is 7. The summed E-state index contributed by atoms with van der Waals surface area (Å²) in [7, 11) is -4.10. The first-order valence-electron chi connectivity index (χ1n) is 16.9. The fraction of sp³-hybridized carbons (Fsp3) is 0.750. The van der Waals surface area contributed by atoms with Crippen LogP contribution in [0.3, 0.4) is 0 Å². The summed E-state index contributed by atoms with van der Waals surface area (Å²) in [4.78, 5) is 12.7. The highest BCUT2D eigenvalue weighted by Crippen LogP contribution is 2.69. The van der Waals surface area contributed by atoms with Crippen molar-refractivity contribution in [2.24, 2.45) is 34.5 Å². The van der Waals surface area contributed by atoms with Crippen molar-refractivity contribution in [1.82, 2.24) is 0 Å². The van der Waals surface area contributed by atoms with E-state index in [1.165, 1.54) is 5.57 Å². The molecule has 0 bridgehead atoms. The summed E-state index contributed by atoms with van der Waals surface area (Å²) >= 11 is 0. The average Bonchev–Trinajstić information content (AvgIpc) is 3.44. The van der Waals surface area contributed by atoms with Gasteiger partial charge in [0.1, 0.15) is 6.10 Å². The van der Waals surface area contributed by atoms with Crippen molar-refractivity contribution in [2.75, 3.05) is 20.0 Å². The lowest BCUT2D eigenvalue weighted by atomic mass is 9.61. The quantitative estimate of drug-likeness (QED) is 0.104. The van der Waals surface area contributed by atoms with Crippen LogP contribution in [0.2, 0.25) is 18.1 Å². The smallest absolute Gasteiger partial charge is 0.338 e. The van der Waals surface area contributed by atoms with Crippen molar-refractivity contribution >= 4 is 24.4 Å². The van der Waals surface area contributed by atoms with E-state index in [2.05, 4.69) is 53.8 Å². The van der Waals surface area contributed by atoms with Crippen LogP contribution >= 0.6 is 0 Å². The molecule has 45 heavy (non-hydrogen) atoms. The zero-order valence-electron chi connectivity index (χ0n) is 28.9. The molecule has 4 fully saturated rings. The predicted octanol–water partition coefficient (Wildman–Crippen LogP) is 7.78. The van der Waals surface area contributed by atoms with Gasteiger partial charge in [-0.25, -0.2) is 4.79 Å². The van der Waals surface area contributed by atoms with Crippen molar-refractivity contribution in [3.8, 4) is 0 Å². The zero-order chi connectivity index (χ0) is 33.0. The molecule has 5 rings (SSSR count). The highest BCUT2D eigenvalue weighted by molar-refractivity contribution is 7.86. The summed E-state index contributed by atoms with van der Waals surface area (Å²) in [6, 6.07) is 9.21. The van der Waals surface area contributed by atoms with Crippen molar-refractivity contribution in [2.45, 2.75) is 116 Å². The molecule has 7 nitrogen and oxygen atoms in total. The van der Waals surface area contributed by atoms with Crippen molar-refractivity contribution in [3.63, 3.8) is 0 Å². The first kappa shape index (κ1) is 34.8. The maximum Gasteiger partial charge on any atom is 0.338 e. The van der Waals surface area contributed by atoms with Crippen LogP contribution in [0.1, 0.15) is 89.9 Å². The van der Waals surface area contributed by atoms with E-state index in [1.54, 1.807) is 19.2 Å². The van der Waals surface area contributed by atoms with Gasteiger partial charge in [0.2, 0.25) is 0 Å². The molecule has 0 aliphatic heterocycles. The van der Waals surface area contributed by atoms with Crippen LogP contribution < -0.4 is 0 Å². The molecule has 9 atom stereocenters. The molecule has 0 heterocycles. The van der Waals surface area contributed by atoms with E-state index in [1.807, 2.05) is 18.2 Å². The summed E-state index contributed by atoms with van der Waals surface area (Å²) in [5.74, 6) is 1.20. The Morgan fingerprint density at radius 1 is 1.16 bits per heavy atom. The molecule has 0 amide bonds. The number of hydrogen-bond donors (Lipinski definition) is 0. The predicted molar refractivity (Wildman–Crippen MR) is 180 cm³/mol. The van der Waals surface area contributed by atoms with E-state index in [0.717, 1.165) is 51.2 Å². The second kappa shape index (κ2) is 12.5. The van der Waals surface area contributed by atoms with E-state index < -0.39 is 30.0 Å². The number of carbonyl (C=O) groups excluding carboxylic acids is 1. The van der Waals surface area contributed by atoms with Gasteiger partial charge in [0.25, 0.3) is 10.1 Å². The Labute approximate surface area is 273 Å². The lowest BCUT2D eigenvalue weighted by Crippen LogP contribution is -2.50. The molecule has 1 aromatic rings. The normalized spacial score (nSPS) is 35.5. The first-order chi connectivity index (χ1) is 20.9. The Bertz CT molecular complexity index is 1370. The zero-order valence-corrected chi connectivity index (χ0v) is 30.7. The van der Waals surface area contributed by atoms with Gasteiger partial charge >= 0.3 is 5.97 Å². The van der Waals surface area contributed by atoms with Crippen LogP contribution in [0.5, 0.6) is 0 Å². The fourth-order valence-electron chi connectivity index (χ4n) is 9.12. The summed E-state index contributed by atoms with van der Waals surface area (Å²) in [6.45, 7) is 16.2. The molecule has 0 saturated heterocycles. The number of rotatable bonds is 11. The average molecular weight is 661 g/mol. The molecular formula is C36H56O7SSi. The molecule has 3 unspecified atom stereocenters. The summed E-state index contributed by atoms with van der Waals surface area (Å²) in [5, 5.41) is 0.00774. The van der Waals surface area contributed by atoms with Crippen molar-refractivity contribution in [1.29, 1.82) is 0 Å². The minimum atomic E-state index is -3.70. The molecule has 1 aromatic carbocycles. The maximum atomic E-state index is 12.7. The van der Waals surface area contributed by atoms with Gasteiger partial charge in [-0.3, -0.25) is 4.18 Å². The van der Waals surface area contributed by atoms with Crippen LogP contribution in [0.25, 0.3) is 0 Å². The van der Waals surface area contributed by atoms with Crippen LogP contribution in [0.4, 0.5) is 0 Å². The maximum absolute atomic E-state index is 12.7. The lowest BCUT2D eigenvalue weighted by molar-refractivity contribution is -0.0260. The number of esters is 1. The number of carbonyl (C=O) groups is 1. The second-order valence-corrected chi connectivity index (χ2v) is 22.7. The standard InChI is InChI=1S/C36H56O7SSi/c1-24(23-41-33(37)25-14-11-10-12-15-25)28-17-18-29-26(16-13-19-35(28,29)5)20-31(40-6)36-22-27(36)21-30(32(36)42-44(7,38)39)43-45(8,9)34(2,3)4/h10-12,14-15,20,24,27-32H,13,16-19,21-23H2,1-9H3/b26-20+/t24-,27-,28-,29+,30?,31-,32?,35?,36+/m1/s1. The highest BCUT2D eigenvalue weighted by Gasteiger charge is 2.72. The molecular weight excluding hydrogens is 605 g/mol. The Hall–Kier alpha value is -1.52. The third-order valence-corrected chi connectivity index (χ3v) is 17.5. The van der Waals surface area contributed by atoms with Gasteiger partial charge in [0.05, 0.1) is 30.6 Å². The third-order valence-electron chi connectivity index (χ3n) is 12.5. The largest absolute Gasteiger partial charge is 0.462 e. The van der Waals surface area contributed by atoms with E-state index >= 15 is 0 Å². The summed E-state index contributed by atoms with van der Waals surface area (Å²) < 4.78 is 50.1. The van der Waals surface area contributed by atoms with Crippen LogP contribution in [-0.2, 0) is 28.2 Å². The van der Waals surface area contributed by atoms with E-state index in [9.17, 15) is 13.2 Å². The third kappa shape index (κ3) is 6.76. The minimum absolute atomic E-state index is 0.00774. The van der Waals surface area contributed by atoms with Crippen LogP contribution in [0, 0.1) is 34.5 Å². The van der Waals surface area contributed by atoms with Crippen LogP contribution in [0.15, 0.2) is 42.0 Å². The lowest BCUT2D eigenvalue weighted by Gasteiger charge is -2.45. The number of fused-ring (bicyclic) bond motifs is 2. The van der Waals surface area contributed by atoms with Crippen molar-refractivity contribution < 1.29 is 31.3 Å². The Balaban J connectivity index is 1.35. The SMILES string of the molecule is CO[C@H](/C=C1\CCCC2(C)[C@@H]([C@H](C)COC(=O)c3ccccc3)CC[C@@H]12)[C@]12C[C@H]1CC(O[Si](C)(C)C(C)(C)C)C2OS(C)(=O)=O. The molecule has 0 radical (unpaired) electrons. The number of methoxy groups -OCH3 is 1. The van der Waals surface area contributed by atoms with Crippen LogP contribution in [-0.4, -0.2) is 61.0 Å². The number of allylic oxidation sites excluding steroid dienone is 1. The van der Waals surface area contributed by atoms with Gasteiger partial charge < -0.3 is 13.9 Å². The molecule has 4 aliphatic carbocycles. The van der Waals surface area contributed by atoms with E-state index in [0.29, 0.717) is 29.9 Å². The molecule has 4 saturated carbocycles. The number of benzene rings is 1. The van der Waals surface area contributed by atoms with Gasteiger partial charge in [-0.2, -0.15) is 8.42 Å². The Kier molecular flexibility index (Phi) is 9.66. The van der Waals surface area contributed by atoms with Gasteiger partial charge in [0.15, 0.2) is 8.32 Å². The molecule has 9 heteroatoms.